The zero-order valence-corrected chi connectivity index (χ0v) is 8.68. The predicted molar refractivity (Wildman–Crippen MR) is 58.3 cm³/mol. The van der Waals surface area contributed by atoms with Crippen molar-refractivity contribution < 1.29 is 4.42 Å². The summed E-state index contributed by atoms with van der Waals surface area (Å²) in [6, 6.07) is 7.74. The second-order valence-corrected chi connectivity index (χ2v) is 3.62. The molecule has 0 spiro atoms. The lowest BCUT2D eigenvalue weighted by molar-refractivity contribution is 0.488. The Kier molecular flexibility index (Phi) is 2.83. The SMILES string of the molecule is Cc1cc(C(N)Cc2ccco2)ccn1. The summed E-state index contributed by atoms with van der Waals surface area (Å²) in [5.74, 6) is 0.914. The number of hydrogen-bond acceptors (Lipinski definition) is 3. The predicted octanol–water partition coefficient (Wildman–Crippen LogP) is 2.23. The summed E-state index contributed by atoms with van der Waals surface area (Å²) in [4.78, 5) is 4.14. The zero-order chi connectivity index (χ0) is 10.7. The summed E-state index contributed by atoms with van der Waals surface area (Å²) in [7, 11) is 0. The lowest BCUT2D eigenvalue weighted by Crippen LogP contribution is -2.13. The number of aryl methyl sites for hydroxylation is 1. The lowest BCUT2D eigenvalue weighted by Gasteiger charge is -2.10. The lowest BCUT2D eigenvalue weighted by atomic mass is 10.0. The molecule has 0 radical (unpaired) electrons. The quantitative estimate of drug-likeness (QED) is 0.830. The topological polar surface area (TPSA) is 52.0 Å². The first kappa shape index (κ1) is 9.93. The van der Waals surface area contributed by atoms with Crippen LogP contribution in [0.3, 0.4) is 0 Å². The molecule has 0 aromatic carbocycles. The fourth-order valence-corrected chi connectivity index (χ4v) is 1.56. The van der Waals surface area contributed by atoms with Gasteiger partial charge in [-0.2, -0.15) is 0 Å². The molecule has 2 rings (SSSR count). The summed E-state index contributed by atoms with van der Waals surface area (Å²) in [6.07, 6.45) is 4.17. The maximum absolute atomic E-state index is 6.07. The second-order valence-electron chi connectivity index (χ2n) is 3.62. The van der Waals surface area contributed by atoms with Crippen LogP contribution in [0.5, 0.6) is 0 Å². The summed E-state index contributed by atoms with van der Waals surface area (Å²) >= 11 is 0. The molecule has 0 amide bonds. The van der Waals surface area contributed by atoms with Gasteiger partial charge >= 0.3 is 0 Å². The van der Waals surface area contributed by atoms with Crippen LogP contribution in [0, 0.1) is 6.92 Å². The van der Waals surface area contributed by atoms with Gasteiger partial charge in [-0.15, -0.1) is 0 Å². The van der Waals surface area contributed by atoms with E-state index in [4.69, 9.17) is 10.2 Å². The van der Waals surface area contributed by atoms with Crippen LogP contribution in [0.2, 0.25) is 0 Å². The molecule has 2 aromatic rings. The van der Waals surface area contributed by atoms with E-state index in [-0.39, 0.29) is 6.04 Å². The maximum Gasteiger partial charge on any atom is 0.105 e. The normalized spacial score (nSPS) is 12.7. The smallest absolute Gasteiger partial charge is 0.105 e. The van der Waals surface area contributed by atoms with Crippen molar-refractivity contribution in [2.24, 2.45) is 5.73 Å². The van der Waals surface area contributed by atoms with Gasteiger partial charge in [0.1, 0.15) is 5.76 Å². The van der Waals surface area contributed by atoms with Crippen molar-refractivity contribution in [2.75, 3.05) is 0 Å². The molecule has 0 fully saturated rings. The van der Waals surface area contributed by atoms with E-state index >= 15 is 0 Å². The van der Waals surface area contributed by atoms with E-state index in [1.54, 1.807) is 12.5 Å². The number of nitrogens with zero attached hydrogens (tertiary/aromatic N) is 1. The van der Waals surface area contributed by atoms with Crippen LogP contribution in [0.4, 0.5) is 0 Å². The first-order valence-electron chi connectivity index (χ1n) is 4.96. The molecule has 2 heterocycles. The summed E-state index contributed by atoms with van der Waals surface area (Å²) in [6.45, 7) is 1.96. The van der Waals surface area contributed by atoms with E-state index in [2.05, 4.69) is 4.98 Å². The number of nitrogens with two attached hydrogens (primary N) is 1. The van der Waals surface area contributed by atoms with Crippen LogP contribution in [0.25, 0.3) is 0 Å². The van der Waals surface area contributed by atoms with Crippen LogP contribution in [0.1, 0.15) is 23.1 Å². The van der Waals surface area contributed by atoms with E-state index in [1.165, 1.54) is 0 Å². The van der Waals surface area contributed by atoms with Crippen LogP contribution in [0.15, 0.2) is 41.1 Å². The number of pyridine rings is 1. The van der Waals surface area contributed by atoms with Crippen molar-refractivity contribution in [3.63, 3.8) is 0 Å². The molecule has 0 saturated carbocycles. The molecule has 0 saturated heterocycles. The molecule has 0 aliphatic carbocycles. The standard InChI is InChI=1S/C12H14N2O/c1-9-7-10(4-5-14-9)12(13)8-11-3-2-6-15-11/h2-7,12H,8,13H2,1H3. The number of hydrogen-bond donors (Lipinski definition) is 1. The van der Waals surface area contributed by atoms with Crippen molar-refractivity contribution in [1.29, 1.82) is 0 Å². The summed E-state index contributed by atoms with van der Waals surface area (Å²) < 4.78 is 5.26. The number of aromatic nitrogens is 1. The minimum Gasteiger partial charge on any atom is -0.469 e. The molecule has 0 aliphatic rings. The van der Waals surface area contributed by atoms with Gasteiger partial charge in [0.25, 0.3) is 0 Å². The fourth-order valence-electron chi connectivity index (χ4n) is 1.56. The van der Waals surface area contributed by atoms with Crippen molar-refractivity contribution in [1.82, 2.24) is 4.98 Å². The van der Waals surface area contributed by atoms with Gasteiger partial charge in [-0.05, 0) is 36.8 Å². The third-order valence-corrected chi connectivity index (χ3v) is 2.35. The van der Waals surface area contributed by atoms with Crippen molar-refractivity contribution >= 4 is 0 Å². The van der Waals surface area contributed by atoms with Gasteiger partial charge in [-0.1, -0.05) is 0 Å². The minimum absolute atomic E-state index is 0.0298. The fraction of sp³-hybridized carbons (Fsp3) is 0.250. The molecule has 2 N–H and O–H groups in total. The number of rotatable bonds is 3. The Morgan fingerprint density at radius 1 is 1.47 bits per heavy atom. The summed E-state index contributed by atoms with van der Waals surface area (Å²) in [5, 5.41) is 0. The molecule has 2 aromatic heterocycles. The molecular weight excluding hydrogens is 188 g/mol. The van der Waals surface area contributed by atoms with Crippen molar-refractivity contribution in [3.8, 4) is 0 Å². The molecule has 15 heavy (non-hydrogen) atoms. The largest absolute Gasteiger partial charge is 0.469 e. The maximum atomic E-state index is 6.07. The minimum atomic E-state index is -0.0298. The molecule has 78 valence electrons. The third kappa shape index (κ3) is 2.44. The van der Waals surface area contributed by atoms with Gasteiger partial charge < -0.3 is 10.2 Å². The van der Waals surface area contributed by atoms with E-state index < -0.39 is 0 Å². The van der Waals surface area contributed by atoms with E-state index in [0.29, 0.717) is 0 Å². The monoisotopic (exact) mass is 202 g/mol. The Labute approximate surface area is 88.9 Å². The molecule has 1 atom stereocenters. The molecule has 3 nitrogen and oxygen atoms in total. The summed E-state index contributed by atoms with van der Waals surface area (Å²) in [5.41, 5.74) is 8.15. The molecule has 0 aliphatic heterocycles. The van der Waals surface area contributed by atoms with Gasteiger partial charge in [0.2, 0.25) is 0 Å². The van der Waals surface area contributed by atoms with Crippen molar-refractivity contribution in [3.05, 3.63) is 53.7 Å². The van der Waals surface area contributed by atoms with Gasteiger partial charge in [0.15, 0.2) is 0 Å². The van der Waals surface area contributed by atoms with Crippen LogP contribution < -0.4 is 5.73 Å². The highest BCUT2D eigenvalue weighted by Crippen LogP contribution is 2.16. The Morgan fingerprint density at radius 2 is 2.33 bits per heavy atom. The van der Waals surface area contributed by atoms with Crippen LogP contribution in [-0.4, -0.2) is 4.98 Å². The second kappa shape index (κ2) is 4.28. The highest BCUT2D eigenvalue weighted by atomic mass is 16.3. The van der Waals surface area contributed by atoms with E-state index in [9.17, 15) is 0 Å². The van der Waals surface area contributed by atoms with Gasteiger partial charge in [-0.3, -0.25) is 4.98 Å². The van der Waals surface area contributed by atoms with Gasteiger partial charge in [0.05, 0.1) is 6.26 Å². The van der Waals surface area contributed by atoms with Gasteiger partial charge in [0, 0.05) is 24.4 Å². The molecular formula is C12H14N2O. The van der Waals surface area contributed by atoms with E-state index in [0.717, 1.165) is 23.4 Å². The zero-order valence-electron chi connectivity index (χ0n) is 8.68. The molecule has 0 bridgehead atoms. The Bertz CT molecular complexity index is 423. The number of furan rings is 1. The Morgan fingerprint density at radius 3 is 3.00 bits per heavy atom. The first-order valence-corrected chi connectivity index (χ1v) is 4.96. The average molecular weight is 202 g/mol. The van der Waals surface area contributed by atoms with Gasteiger partial charge in [-0.25, -0.2) is 0 Å². The highest BCUT2D eigenvalue weighted by molar-refractivity contribution is 5.20. The van der Waals surface area contributed by atoms with Crippen molar-refractivity contribution in [2.45, 2.75) is 19.4 Å². The third-order valence-electron chi connectivity index (χ3n) is 2.35. The highest BCUT2D eigenvalue weighted by Gasteiger charge is 2.08. The van der Waals surface area contributed by atoms with Crippen LogP contribution in [-0.2, 0) is 6.42 Å². The average Bonchev–Trinajstić information content (AvgIpc) is 2.70. The van der Waals surface area contributed by atoms with E-state index in [1.807, 2.05) is 31.2 Å². The Hall–Kier alpha value is -1.61. The Balaban J connectivity index is 2.11. The molecule has 1 unspecified atom stereocenters. The van der Waals surface area contributed by atoms with Crippen LogP contribution >= 0.6 is 0 Å². The molecule has 3 heteroatoms. The first-order chi connectivity index (χ1) is 7.25.